The number of hydrogen-bond acceptors (Lipinski definition) is 4. The lowest BCUT2D eigenvalue weighted by Crippen LogP contribution is -2.30. The van der Waals surface area contributed by atoms with E-state index in [1.165, 1.54) is 17.4 Å². The van der Waals surface area contributed by atoms with Gasteiger partial charge in [-0.15, -0.1) is 11.3 Å². The fourth-order valence-corrected chi connectivity index (χ4v) is 2.89. The van der Waals surface area contributed by atoms with Gasteiger partial charge in [-0.3, -0.25) is 4.79 Å². The first-order chi connectivity index (χ1) is 9.65. The van der Waals surface area contributed by atoms with Crippen LogP contribution in [0.25, 0.3) is 0 Å². The Hall–Kier alpha value is -1.95. The number of hydrogen-bond donors (Lipinski definition) is 2. The summed E-state index contributed by atoms with van der Waals surface area (Å²) in [6.07, 6.45) is 3.78. The van der Waals surface area contributed by atoms with Gasteiger partial charge in [0.05, 0.1) is 11.6 Å². The Bertz CT molecular complexity index is 626. The van der Waals surface area contributed by atoms with Crippen LogP contribution in [0.2, 0.25) is 0 Å². The molecule has 1 amide bonds. The molecule has 0 radical (unpaired) electrons. The summed E-state index contributed by atoms with van der Waals surface area (Å²) in [5.74, 6) is -0.877. The van der Waals surface area contributed by atoms with Gasteiger partial charge in [0.15, 0.2) is 0 Å². The quantitative estimate of drug-likeness (QED) is 0.911. The van der Waals surface area contributed by atoms with E-state index < -0.39 is 11.7 Å². The molecule has 1 atom stereocenters. The van der Waals surface area contributed by atoms with Gasteiger partial charge in [-0.25, -0.2) is 9.37 Å². The number of carbonyl (C=O) groups is 1. The molecule has 1 saturated carbocycles. The molecule has 2 aromatic rings. The molecule has 4 nitrogen and oxygen atoms in total. The second kappa shape index (κ2) is 5.20. The summed E-state index contributed by atoms with van der Waals surface area (Å²) < 4.78 is 13.2. The van der Waals surface area contributed by atoms with Gasteiger partial charge in [-0.05, 0) is 37.0 Å². The van der Waals surface area contributed by atoms with E-state index >= 15 is 0 Å². The number of aromatic hydroxyl groups is 1. The van der Waals surface area contributed by atoms with Crippen molar-refractivity contribution >= 4 is 17.2 Å². The molecule has 0 bridgehead atoms. The standard InChI is InChI=1S/C14H13FN2O2S/c15-9-3-4-11(18)10(7-9)13(19)17-12(8-1-2-8)14-16-5-6-20-14/h3-8,12,18H,1-2H2,(H,17,19)/t12-/m0/s1. The Morgan fingerprint density at radius 1 is 1.50 bits per heavy atom. The third-order valence-electron chi connectivity index (χ3n) is 3.30. The third kappa shape index (κ3) is 2.65. The summed E-state index contributed by atoms with van der Waals surface area (Å²) in [7, 11) is 0. The van der Waals surface area contributed by atoms with Crippen molar-refractivity contribution in [1.82, 2.24) is 10.3 Å². The van der Waals surface area contributed by atoms with E-state index in [1.807, 2.05) is 5.38 Å². The van der Waals surface area contributed by atoms with E-state index in [0.29, 0.717) is 5.92 Å². The van der Waals surface area contributed by atoms with Crippen LogP contribution in [0.3, 0.4) is 0 Å². The lowest BCUT2D eigenvalue weighted by atomic mass is 10.1. The number of rotatable bonds is 4. The molecular weight excluding hydrogens is 279 g/mol. The lowest BCUT2D eigenvalue weighted by Gasteiger charge is -2.16. The topological polar surface area (TPSA) is 62.2 Å². The highest BCUT2D eigenvalue weighted by atomic mass is 32.1. The number of carbonyl (C=O) groups excluding carboxylic acids is 1. The van der Waals surface area contributed by atoms with Crippen LogP contribution >= 0.6 is 11.3 Å². The number of nitrogens with one attached hydrogen (secondary N) is 1. The lowest BCUT2D eigenvalue weighted by molar-refractivity contribution is 0.0928. The molecule has 1 aliphatic carbocycles. The third-order valence-corrected chi connectivity index (χ3v) is 4.16. The minimum atomic E-state index is -0.551. The average Bonchev–Trinajstić information content (AvgIpc) is 3.13. The summed E-state index contributed by atoms with van der Waals surface area (Å²) in [5, 5.41) is 15.2. The molecule has 1 fully saturated rings. The van der Waals surface area contributed by atoms with E-state index in [0.717, 1.165) is 30.0 Å². The molecule has 0 saturated heterocycles. The molecule has 3 rings (SSSR count). The number of thiazole rings is 1. The van der Waals surface area contributed by atoms with Crippen molar-refractivity contribution in [2.24, 2.45) is 5.92 Å². The highest BCUT2D eigenvalue weighted by molar-refractivity contribution is 7.09. The normalized spacial score (nSPS) is 15.8. The average molecular weight is 292 g/mol. The van der Waals surface area contributed by atoms with Gasteiger partial charge in [0, 0.05) is 11.6 Å². The van der Waals surface area contributed by atoms with Crippen molar-refractivity contribution in [2.75, 3.05) is 0 Å². The van der Waals surface area contributed by atoms with E-state index in [4.69, 9.17) is 0 Å². The Morgan fingerprint density at radius 2 is 2.30 bits per heavy atom. The van der Waals surface area contributed by atoms with Gasteiger partial charge >= 0.3 is 0 Å². The zero-order valence-electron chi connectivity index (χ0n) is 10.5. The maximum atomic E-state index is 13.2. The summed E-state index contributed by atoms with van der Waals surface area (Å²) in [4.78, 5) is 16.4. The number of benzene rings is 1. The number of amides is 1. The number of nitrogens with zero attached hydrogens (tertiary/aromatic N) is 1. The molecule has 0 aliphatic heterocycles. The number of phenolic OH excluding ortho intramolecular Hbond substituents is 1. The van der Waals surface area contributed by atoms with E-state index in [2.05, 4.69) is 10.3 Å². The summed E-state index contributed by atoms with van der Waals surface area (Å²) in [6.45, 7) is 0. The molecule has 0 unspecified atom stereocenters. The van der Waals surface area contributed by atoms with E-state index in [9.17, 15) is 14.3 Å². The summed E-state index contributed by atoms with van der Waals surface area (Å²) in [6, 6.07) is 3.17. The van der Waals surface area contributed by atoms with Crippen molar-refractivity contribution < 1.29 is 14.3 Å². The number of halogens is 1. The minimum Gasteiger partial charge on any atom is -0.507 e. The van der Waals surface area contributed by atoms with Gasteiger partial charge in [-0.1, -0.05) is 0 Å². The van der Waals surface area contributed by atoms with Crippen molar-refractivity contribution in [3.8, 4) is 5.75 Å². The predicted octanol–water partition coefficient (Wildman–Crippen LogP) is 2.87. The fourth-order valence-electron chi connectivity index (χ4n) is 2.11. The molecular formula is C14H13FN2O2S. The molecule has 1 aromatic carbocycles. The van der Waals surface area contributed by atoms with Crippen molar-refractivity contribution in [3.63, 3.8) is 0 Å². The zero-order valence-corrected chi connectivity index (χ0v) is 11.4. The Balaban J connectivity index is 1.82. The van der Waals surface area contributed by atoms with Crippen LogP contribution in [0.15, 0.2) is 29.8 Å². The van der Waals surface area contributed by atoms with Gasteiger partial charge in [0.25, 0.3) is 5.91 Å². The van der Waals surface area contributed by atoms with Crippen LogP contribution in [0, 0.1) is 11.7 Å². The smallest absolute Gasteiger partial charge is 0.255 e. The van der Waals surface area contributed by atoms with Crippen molar-refractivity contribution in [1.29, 1.82) is 0 Å². The van der Waals surface area contributed by atoms with E-state index in [-0.39, 0.29) is 17.4 Å². The van der Waals surface area contributed by atoms with Crippen LogP contribution in [0.5, 0.6) is 5.75 Å². The highest BCUT2D eigenvalue weighted by Crippen LogP contribution is 2.41. The van der Waals surface area contributed by atoms with Gasteiger partial charge in [0.2, 0.25) is 0 Å². The Labute approximate surface area is 119 Å². The minimum absolute atomic E-state index is 0.0489. The van der Waals surface area contributed by atoms with Gasteiger partial charge in [0.1, 0.15) is 16.6 Å². The van der Waals surface area contributed by atoms with Crippen LogP contribution in [-0.4, -0.2) is 16.0 Å². The van der Waals surface area contributed by atoms with Crippen LogP contribution in [0.1, 0.15) is 34.2 Å². The Morgan fingerprint density at radius 3 is 2.95 bits per heavy atom. The van der Waals surface area contributed by atoms with Crippen LogP contribution in [0.4, 0.5) is 4.39 Å². The maximum absolute atomic E-state index is 13.2. The van der Waals surface area contributed by atoms with Crippen molar-refractivity contribution in [2.45, 2.75) is 18.9 Å². The first kappa shape index (κ1) is 13.1. The monoisotopic (exact) mass is 292 g/mol. The van der Waals surface area contributed by atoms with Crippen LogP contribution < -0.4 is 5.32 Å². The van der Waals surface area contributed by atoms with E-state index in [1.54, 1.807) is 6.20 Å². The highest BCUT2D eigenvalue weighted by Gasteiger charge is 2.35. The molecule has 0 spiro atoms. The Kier molecular flexibility index (Phi) is 3.40. The second-order valence-corrected chi connectivity index (χ2v) is 5.75. The SMILES string of the molecule is O=C(N[C@H](c1nccs1)C1CC1)c1cc(F)ccc1O. The largest absolute Gasteiger partial charge is 0.507 e. The first-order valence-corrected chi connectivity index (χ1v) is 7.22. The molecule has 104 valence electrons. The zero-order chi connectivity index (χ0) is 14.1. The molecule has 1 aromatic heterocycles. The predicted molar refractivity (Wildman–Crippen MR) is 73.1 cm³/mol. The number of aromatic nitrogens is 1. The van der Waals surface area contributed by atoms with Gasteiger partial charge in [-0.2, -0.15) is 0 Å². The molecule has 20 heavy (non-hydrogen) atoms. The summed E-state index contributed by atoms with van der Waals surface area (Å²) >= 11 is 1.48. The fraction of sp³-hybridized carbons (Fsp3) is 0.286. The maximum Gasteiger partial charge on any atom is 0.255 e. The first-order valence-electron chi connectivity index (χ1n) is 6.34. The molecule has 1 aliphatic rings. The molecule has 6 heteroatoms. The number of phenols is 1. The second-order valence-electron chi connectivity index (χ2n) is 4.82. The molecule has 1 heterocycles. The molecule has 2 N–H and O–H groups in total. The van der Waals surface area contributed by atoms with Crippen LogP contribution in [-0.2, 0) is 0 Å². The van der Waals surface area contributed by atoms with Crippen molar-refractivity contribution in [3.05, 3.63) is 46.2 Å². The van der Waals surface area contributed by atoms with Gasteiger partial charge < -0.3 is 10.4 Å². The summed E-state index contributed by atoms with van der Waals surface area (Å²) in [5.41, 5.74) is -0.0489.